The van der Waals surface area contributed by atoms with Crippen molar-refractivity contribution in [2.75, 3.05) is 6.61 Å². The van der Waals surface area contributed by atoms with Crippen molar-refractivity contribution in [1.29, 1.82) is 0 Å². The summed E-state index contributed by atoms with van der Waals surface area (Å²) in [6.07, 6.45) is 0. The van der Waals surface area contributed by atoms with Crippen LogP contribution in [0, 0.1) is 13.8 Å². The molecule has 0 aromatic heterocycles. The lowest BCUT2D eigenvalue weighted by molar-refractivity contribution is -0.136. The van der Waals surface area contributed by atoms with E-state index in [0.717, 1.165) is 11.1 Å². The van der Waals surface area contributed by atoms with Crippen LogP contribution in [-0.4, -0.2) is 18.4 Å². The first-order chi connectivity index (χ1) is 10.5. The third kappa shape index (κ3) is 4.19. The molecule has 0 radical (unpaired) electrons. The van der Waals surface area contributed by atoms with Crippen LogP contribution in [0.25, 0.3) is 0 Å². The second-order valence-electron chi connectivity index (χ2n) is 5.12. The van der Waals surface area contributed by atoms with E-state index < -0.39 is 5.97 Å². The number of aryl methyl sites for hydroxylation is 2. The van der Waals surface area contributed by atoms with Gasteiger partial charge in [0, 0.05) is 5.56 Å². The molecule has 0 bridgehead atoms. The molecule has 4 heteroatoms. The highest BCUT2D eigenvalue weighted by Crippen LogP contribution is 2.19. The van der Waals surface area contributed by atoms with Crippen molar-refractivity contribution in [3.63, 3.8) is 0 Å². The minimum Gasteiger partial charge on any atom is -0.482 e. The second-order valence-corrected chi connectivity index (χ2v) is 5.12. The Balaban J connectivity index is 1.95. The maximum absolute atomic E-state index is 11.8. The summed E-state index contributed by atoms with van der Waals surface area (Å²) in [5.41, 5.74) is 2.54. The maximum atomic E-state index is 11.8. The van der Waals surface area contributed by atoms with Gasteiger partial charge in [-0.3, -0.25) is 4.79 Å². The van der Waals surface area contributed by atoms with Crippen LogP contribution in [-0.2, 0) is 4.79 Å². The van der Waals surface area contributed by atoms with E-state index >= 15 is 0 Å². The van der Waals surface area contributed by atoms with Gasteiger partial charge in [0.2, 0.25) is 0 Å². The molecule has 0 N–H and O–H groups in total. The molecule has 0 fully saturated rings. The number of rotatable bonds is 5. The van der Waals surface area contributed by atoms with Crippen LogP contribution < -0.4 is 9.47 Å². The molecule has 0 aliphatic carbocycles. The van der Waals surface area contributed by atoms with Crippen molar-refractivity contribution in [2.24, 2.45) is 0 Å². The monoisotopic (exact) mass is 298 g/mol. The van der Waals surface area contributed by atoms with E-state index in [1.54, 1.807) is 30.3 Å². The van der Waals surface area contributed by atoms with Gasteiger partial charge in [-0.1, -0.05) is 29.8 Å². The quantitative estimate of drug-likeness (QED) is 0.481. The number of benzene rings is 2. The Kier molecular flexibility index (Phi) is 4.94. The molecule has 2 aromatic carbocycles. The van der Waals surface area contributed by atoms with Crippen LogP contribution >= 0.6 is 0 Å². The van der Waals surface area contributed by atoms with Gasteiger partial charge in [0.1, 0.15) is 11.5 Å². The third-order valence-electron chi connectivity index (χ3n) is 3.15. The van der Waals surface area contributed by atoms with Gasteiger partial charge in [0.25, 0.3) is 0 Å². The van der Waals surface area contributed by atoms with Crippen LogP contribution in [0.15, 0.2) is 42.5 Å². The number of ketones is 1. The molecule has 22 heavy (non-hydrogen) atoms. The maximum Gasteiger partial charge on any atom is 0.349 e. The Morgan fingerprint density at radius 1 is 1.05 bits per heavy atom. The first-order valence-electron chi connectivity index (χ1n) is 6.97. The van der Waals surface area contributed by atoms with Crippen molar-refractivity contribution in [2.45, 2.75) is 20.8 Å². The molecular weight excluding hydrogens is 280 g/mol. The number of ether oxygens (including phenoxy) is 2. The molecule has 0 heterocycles. The number of hydrogen-bond donors (Lipinski definition) is 0. The lowest BCUT2D eigenvalue weighted by atomic mass is 10.1. The Morgan fingerprint density at radius 2 is 1.82 bits per heavy atom. The molecule has 2 rings (SSSR count). The van der Waals surface area contributed by atoms with Gasteiger partial charge >= 0.3 is 5.97 Å². The van der Waals surface area contributed by atoms with E-state index in [2.05, 4.69) is 0 Å². The van der Waals surface area contributed by atoms with E-state index in [0.29, 0.717) is 17.1 Å². The van der Waals surface area contributed by atoms with Gasteiger partial charge < -0.3 is 9.47 Å². The zero-order valence-corrected chi connectivity index (χ0v) is 12.9. The molecule has 0 amide bonds. The lowest BCUT2D eigenvalue weighted by Gasteiger charge is -2.09. The van der Waals surface area contributed by atoms with Gasteiger partial charge in [0.05, 0.1) is 0 Å². The molecule has 114 valence electrons. The summed E-state index contributed by atoms with van der Waals surface area (Å²) in [6.45, 7) is 5.12. The highest BCUT2D eigenvalue weighted by atomic mass is 16.6. The van der Waals surface area contributed by atoms with Crippen LogP contribution in [0.4, 0.5) is 0 Å². The first-order valence-corrected chi connectivity index (χ1v) is 6.97. The first kappa shape index (κ1) is 15.8. The fraction of sp³-hybridized carbons (Fsp3) is 0.222. The van der Waals surface area contributed by atoms with Crippen molar-refractivity contribution in [3.8, 4) is 11.5 Å². The summed E-state index contributed by atoms with van der Waals surface area (Å²) >= 11 is 0. The van der Waals surface area contributed by atoms with Gasteiger partial charge in [-0.05, 0) is 44.5 Å². The van der Waals surface area contributed by atoms with Crippen LogP contribution in [0.5, 0.6) is 11.5 Å². The van der Waals surface area contributed by atoms with Gasteiger partial charge in [0.15, 0.2) is 12.4 Å². The minimum atomic E-state index is -0.486. The molecule has 0 aliphatic heterocycles. The normalized spacial score (nSPS) is 10.1. The number of carbonyl (C=O) groups is 2. The average molecular weight is 298 g/mol. The van der Waals surface area contributed by atoms with Crippen molar-refractivity contribution >= 4 is 11.8 Å². The smallest absolute Gasteiger partial charge is 0.349 e. The molecule has 0 aliphatic rings. The van der Waals surface area contributed by atoms with Crippen LogP contribution in [0.3, 0.4) is 0 Å². The number of Topliss-reactive ketones (excluding diaryl/α,β-unsaturated/α-hetero) is 1. The molecular formula is C18H18O4. The minimum absolute atomic E-state index is 0.0525. The van der Waals surface area contributed by atoms with Gasteiger partial charge in [-0.2, -0.15) is 0 Å². The fourth-order valence-electron chi connectivity index (χ4n) is 2.01. The molecule has 0 saturated heterocycles. The van der Waals surface area contributed by atoms with Crippen LogP contribution in [0.1, 0.15) is 28.4 Å². The third-order valence-corrected chi connectivity index (χ3v) is 3.15. The number of hydrogen-bond acceptors (Lipinski definition) is 4. The Labute approximate surface area is 129 Å². The summed E-state index contributed by atoms with van der Waals surface area (Å²) in [4.78, 5) is 23.1. The van der Waals surface area contributed by atoms with Crippen molar-refractivity contribution in [1.82, 2.24) is 0 Å². The zero-order chi connectivity index (χ0) is 16.1. The Morgan fingerprint density at radius 3 is 2.50 bits per heavy atom. The highest BCUT2D eigenvalue weighted by molar-refractivity contribution is 5.94. The molecule has 2 aromatic rings. The van der Waals surface area contributed by atoms with E-state index in [1.807, 2.05) is 26.0 Å². The molecule has 0 atom stereocenters. The predicted octanol–water partition coefficient (Wildman–Crippen LogP) is 3.49. The summed E-state index contributed by atoms with van der Waals surface area (Å²) in [7, 11) is 0. The molecule has 0 unspecified atom stereocenters. The number of carbonyl (C=O) groups excluding carboxylic acids is 2. The van der Waals surface area contributed by atoms with E-state index in [9.17, 15) is 9.59 Å². The van der Waals surface area contributed by atoms with Gasteiger partial charge in [-0.15, -0.1) is 0 Å². The topological polar surface area (TPSA) is 52.6 Å². The largest absolute Gasteiger partial charge is 0.482 e. The summed E-state index contributed by atoms with van der Waals surface area (Å²) in [5.74, 6) is 0.449. The predicted molar refractivity (Wildman–Crippen MR) is 83.5 cm³/mol. The van der Waals surface area contributed by atoms with Crippen LogP contribution in [0.2, 0.25) is 0 Å². The Bertz CT molecular complexity index is 704. The highest BCUT2D eigenvalue weighted by Gasteiger charge is 2.09. The molecule has 0 saturated carbocycles. The summed E-state index contributed by atoms with van der Waals surface area (Å²) in [6, 6.07) is 12.3. The van der Waals surface area contributed by atoms with Crippen molar-refractivity contribution < 1.29 is 19.1 Å². The Hall–Kier alpha value is -2.62. The fourth-order valence-corrected chi connectivity index (χ4v) is 2.01. The summed E-state index contributed by atoms with van der Waals surface area (Å²) < 4.78 is 10.6. The SMILES string of the molecule is CC(=O)c1cccc(OCC(=O)Oc2ccc(C)cc2C)c1. The summed E-state index contributed by atoms with van der Waals surface area (Å²) in [5, 5.41) is 0. The zero-order valence-electron chi connectivity index (χ0n) is 12.9. The molecule has 4 nitrogen and oxygen atoms in total. The lowest BCUT2D eigenvalue weighted by Crippen LogP contribution is -2.18. The average Bonchev–Trinajstić information content (AvgIpc) is 2.48. The van der Waals surface area contributed by atoms with Crippen molar-refractivity contribution in [3.05, 3.63) is 59.2 Å². The standard InChI is InChI=1S/C18H18O4/c1-12-7-8-17(13(2)9-12)22-18(20)11-21-16-6-4-5-15(10-16)14(3)19/h4-10H,11H2,1-3H3. The second kappa shape index (κ2) is 6.89. The van der Waals surface area contributed by atoms with Gasteiger partial charge in [-0.25, -0.2) is 4.79 Å². The van der Waals surface area contributed by atoms with E-state index in [1.165, 1.54) is 6.92 Å². The number of esters is 1. The molecule has 0 spiro atoms. The van der Waals surface area contributed by atoms with E-state index in [-0.39, 0.29) is 12.4 Å². The van der Waals surface area contributed by atoms with E-state index in [4.69, 9.17) is 9.47 Å².